The fraction of sp³-hybridized carbons (Fsp3) is 1.00. The van der Waals surface area contributed by atoms with E-state index in [1.54, 1.807) is 13.8 Å². The molecule has 0 atom stereocenters. The maximum absolute atomic E-state index is 11.7. The Morgan fingerprint density at radius 3 is 2.27 bits per heavy atom. The molecule has 90 valence electrons. The molecule has 1 N–H and O–H groups in total. The molecule has 0 aromatic rings. The monoisotopic (exact) mass is 233 g/mol. The third-order valence-corrected chi connectivity index (χ3v) is 5.81. The van der Waals surface area contributed by atoms with Crippen LogP contribution in [0.2, 0.25) is 0 Å². The van der Waals surface area contributed by atoms with E-state index in [4.69, 9.17) is 0 Å². The van der Waals surface area contributed by atoms with Crippen LogP contribution in [0, 0.1) is 5.41 Å². The van der Waals surface area contributed by atoms with Crippen LogP contribution in [0.5, 0.6) is 0 Å². The van der Waals surface area contributed by atoms with Crippen molar-refractivity contribution in [1.82, 2.24) is 5.32 Å². The number of sulfone groups is 1. The predicted octanol–water partition coefficient (Wildman–Crippen LogP) is 1.59. The zero-order valence-electron chi connectivity index (χ0n) is 10.0. The van der Waals surface area contributed by atoms with E-state index in [0.29, 0.717) is 5.75 Å². The van der Waals surface area contributed by atoms with E-state index in [2.05, 4.69) is 5.32 Å². The summed E-state index contributed by atoms with van der Waals surface area (Å²) in [6.07, 6.45) is 4.45. The predicted molar refractivity (Wildman–Crippen MR) is 63.8 cm³/mol. The first-order chi connectivity index (χ1) is 6.92. The molecule has 0 bridgehead atoms. The molecule has 0 unspecified atom stereocenters. The summed E-state index contributed by atoms with van der Waals surface area (Å²) in [7, 11) is -0.912. The SMILES string of the molecule is CNCC1(CCS(=O)(=O)C(C)C)CCC1. The maximum atomic E-state index is 11.7. The number of hydrogen-bond acceptors (Lipinski definition) is 3. The lowest BCUT2D eigenvalue weighted by molar-refractivity contribution is 0.128. The molecule has 0 aliphatic heterocycles. The molecule has 0 aromatic heterocycles. The van der Waals surface area contributed by atoms with Crippen LogP contribution in [0.4, 0.5) is 0 Å². The minimum Gasteiger partial charge on any atom is -0.319 e. The van der Waals surface area contributed by atoms with E-state index in [0.717, 1.165) is 13.0 Å². The van der Waals surface area contributed by atoms with Crippen LogP contribution >= 0.6 is 0 Å². The molecule has 0 saturated heterocycles. The number of nitrogens with one attached hydrogen (secondary N) is 1. The Morgan fingerprint density at radius 2 is 1.93 bits per heavy atom. The van der Waals surface area contributed by atoms with Gasteiger partial charge in [-0.25, -0.2) is 8.42 Å². The van der Waals surface area contributed by atoms with Crippen molar-refractivity contribution in [2.45, 2.75) is 44.8 Å². The zero-order valence-corrected chi connectivity index (χ0v) is 10.9. The van der Waals surface area contributed by atoms with E-state index < -0.39 is 9.84 Å². The van der Waals surface area contributed by atoms with Gasteiger partial charge in [0.2, 0.25) is 0 Å². The van der Waals surface area contributed by atoms with Gasteiger partial charge in [0.15, 0.2) is 9.84 Å². The Morgan fingerprint density at radius 1 is 1.33 bits per heavy atom. The fourth-order valence-electron chi connectivity index (χ4n) is 2.16. The van der Waals surface area contributed by atoms with Crippen LogP contribution in [-0.4, -0.2) is 33.0 Å². The van der Waals surface area contributed by atoms with Gasteiger partial charge in [-0.15, -0.1) is 0 Å². The van der Waals surface area contributed by atoms with Gasteiger partial charge >= 0.3 is 0 Å². The van der Waals surface area contributed by atoms with Crippen molar-refractivity contribution in [2.75, 3.05) is 19.3 Å². The average Bonchev–Trinajstić information content (AvgIpc) is 2.09. The molecule has 0 spiro atoms. The van der Waals surface area contributed by atoms with Gasteiger partial charge in [0.25, 0.3) is 0 Å². The average molecular weight is 233 g/mol. The van der Waals surface area contributed by atoms with Crippen LogP contribution in [0.3, 0.4) is 0 Å². The summed E-state index contributed by atoms with van der Waals surface area (Å²) in [6.45, 7) is 4.49. The van der Waals surface area contributed by atoms with Gasteiger partial charge in [-0.05, 0) is 45.6 Å². The Labute approximate surface area is 93.6 Å². The Bertz CT molecular complexity index is 292. The van der Waals surface area contributed by atoms with Gasteiger partial charge in [0.05, 0.1) is 11.0 Å². The quantitative estimate of drug-likeness (QED) is 0.758. The normalized spacial score (nSPS) is 20.3. The highest BCUT2D eigenvalue weighted by Crippen LogP contribution is 2.43. The van der Waals surface area contributed by atoms with E-state index in [1.807, 2.05) is 7.05 Å². The fourth-order valence-corrected chi connectivity index (χ4v) is 3.35. The molecular formula is C11H23NO2S. The minimum atomic E-state index is -2.85. The lowest BCUT2D eigenvalue weighted by Crippen LogP contribution is -2.40. The lowest BCUT2D eigenvalue weighted by atomic mass is 9.67. The molecule has 1 fully saturated rings. The molecule has 1 aliphatic rings. The molecule has 15 heavy (non-hydrogen) atoms. The standard InChI is InChI=1S/C11H23NO2S/c1-10(2)15(13,14)8-7-11(9-12-3)5-4-6-11/h10,12H,4-9H2,1-3H3. The van der Waals surface area contributed by atoms with Gasteiger partial charge in [0, 0.05) is 6.54 Å². The topological polar surface area (TPSA) is 46.2 Å². The lowest BCUT2D eigenvalue weighted by Gasteiger charge is -2.42. The molecule has 0 aromatic carbocycles. The van der Waals surface area contributed by atoms with Crippen molar-refractivity contribution < 1.29 is 8.42 Å². The molecule has 0 heterocycles. The maximum Gasteiger partial charge on any atom is 0.152 e. The second-order valence-electron chi connectivity index (χ2n) is 5.05. The summed E-state index contributed by atoms with van der Waals surface area (Å²) >= 11 is 0. The molecule has 1 aliphatic carbocycles. The molecule has 0 amide bonds. The van der Waals surface area contributed by atoms with Gasteiger partial charge in [0.1, 0.15) is 0 Å². The van der Waals surface area contributed by atoms with Gasteiger partial charge < -0.3 is 5.32 Å². The second kappa shape index (κ2) is 4.83. The van der Waals surface area contributed by atoms with Crippen LogP contribution in [-0.2, 0) is 9.84 Å². The summed E-state index contributed by atoms with van der Waals surface area (Å²) < 4.78 is 23.4. The highest BCUT2D eigenvalue weighted by Gasteiger charge is 2.37. The van der Waals surface area contributed by atoms with Gasteiger partial charge in [-0.3, -0.25) is 0 Å². The minimum absolute atomic E-state index is 0.232. The number of rotatable bonds is 6. The van der Waals surface area contributed by atoms with Gasteiger partial charge in [-0.1, -0.05) is 6.42 Å². The molecular weight excluding hydrogens is 210 g/mol. The van der Waals surface area contributed by atoms with Crippen LogP contribution in [0.15, 0.2) is 0 Å². The Hall–Kier alpha value is -0.0900. The van der Waals surface area contributed by atoms with Crippen molar-refractivity contribution in [3.05, 3.63) is 0 Å². The zero-order chi connectivity index (χ0) is 11.5. The Kier molecular flexibility index (Phi) is 4.18. The van der Waals surface area contributed by atoms with E-state index in [1.165, 1.54) is 19.3 Å². The molecule has 3 nitrogen and oxygen atoms in total. The first kappa shape index (κ1) is 13.0. The van der Waals surface area contributed by atoms with Crippen molar-refractivity contribution in [3.63, 3.8) is 0 Å². The van der Waals surface area contributed by atoms with Crippen molar-refractivity contribution >= 4 is 9.84 Å². The van der Waals surface area contributed by atoms with Crippen molar-refractivity contribution in [3.8, 4) is 0 Å². The molecule has 1 saturated carbocycles. The van der Waals surface area contributed by atoms with Crippen LogP contribution in [0.1, 0.15) is 39.5 Å². The first-order valence-corrected chi connectivity index (χ1v) is 7.50. The summed E-state index contributed by atoms with van der Waals surface area (Å²) in [5.74, 6) is 0.354. The summed E-state index contributed by atoms with van der Waals surface area (Å²) in [6, 6.07) is 0. The van der Waals surface area contributed by atoms with Crippen LogP contribution < -0.4 is 5.32 Å². The highest BCUT2D eigenvalue weighted by atomic mass is 32.2. The first-order valence-electron chi connectivity index (χ1n) is 5.78. The third kappa shape index (κ3) is 3.18. The van der Waals surface area contributed by atoms with E-state index in [9.17, 15) is 8.42 Å². The van der Waals surface area contributed by atoms with E-state index >= 15 is 0 Å². The third-order valence-electron chi connectivity index (χ3n) is 3.60. The molecule has 4 heteroatoms. The largest absolute Gasteiger partial charge is 0.319 e. The van der Waals surface area contributed by atoms with Crippen molar-refractivity contribution in [1.29, 1.82) is 0 Å². The second-order valence-corrected chi connectivity index (χ2v) is 7.73. The number of hydrogen-bond donors (Lipinski definition) is 1. The van der Waals surface area contributed by atoms with E-state index in [-0.39, 0.29) is 10.7 Å². The smallest absolute Gasteiger partial charge is 0.152 e. The highest BCUT2D eigenvalue weighted by molar-refractivity contribution is 7.91. The van der Waals surface area contributed by atoms with Crippen LogP contribution in [0.25, 0.3) is 0 Å². The van der Waals surface area contributed by atoms with Crippen molar-refractivity contribution in [2.24, 2.45) is 5.41 Å². The summed E-state index contributed by atoms with van der Waals surface area (Å²) in [5.41, 5.74) is 0.275. The Balaban J connectivity index is 2.48. The molecule has 1 rings (SSSR count). The summed E-state index contributed by atoms with van der Waals surface area (Å²) in [4.78, 5) is 0. The molecule has 0 radical (unpaired) electrons. The van der Waals surface area contributed by atoms with Gasteiger partial charge in [-0.2, -0.15) is 0 Å². The summed E-state index contributed by atoms with van der Waals surface area (Å²) in [5, 5.41) is 2.95.